The molecule has 0 saturated carbocycles. The van der Waals surface area contributed by atoms with E-state index >= 15 is 0 Å². The number of nitrogens with one attached hydrogen (secondary N) is 2. The van der Waals surface area contributed by atoms with Gasteiger partial charge in [-0.2, -0.15) is 0 Å². The highest BCUT2D eigenvalue weighted by Gasteiger charge is 2.36. The minimum Gasteiger partial charge on any atom is -0.478 e. The third kappa shape index (κ3) is 4.98. The predicted molar refractivity (Wildman–Crippen MR) is 124 cm³/mol. The van der Waals surface area contributed by atoms with Gasteiger partial charge in [0.05, 0.1) is 18.8 Å². The highest BCUT2D eigenvalue weighted by atomic mass is 79.9. The van der Waals surface area contributed by atoms with Gasteiger partial charge in [-0.3, -0.25) is 14.7 Å². The lowest BCUT2D eigenvalue weighted by molar-refractivity contribution is -0.133. The van der Waals surface area contributed by atoms with Gasteiger partial charge in [0.15, 0.2) is 10.8 Å². The van der Waals surface area contributed by atoms with Crippen LogP contribution in [-0.4, -0.2) is 72.1 Å². The number of likely N-dealkylation sites (N-methyl/N-ethyl adjacent to an activating group) is 1. The molecule has 33 heavy (non-hydrogen) atoms. The molecular weight excluding hydrogens is 517 g/mol. The maximum absolute atomic E-state index is 13.7. The monoisotopic (exact) mass is 537 g/mol. The summed E-state index contributed by atoms with van der Waals surface area (Å²) in [5.74, 6) is -1.41. The maximum atomic E-state index is 13.7. The highest BCUT2D eigenvalue weighted by Crippen LogP contribution is 2.36. The molecule has 1 fully saturated rings. The Hall–Kier alpha value is -2.67. The van der Waals surface area contributed by atoms with E-state index in [2.05, 4.69) is 36.5 Å². The number of aliphatic carboxylic acids is 1. The minimum atomic E-state index is -1.16. The molecule has 3 heterocycles. The fraction of sp³-hybridized carbons (Fsp3) is 0.333. The number of aliphatic imine (C=N–C) groups is 1. The van der Waals surface area contributed by atoms with Crippen LogP contribution < -0.4 is 10.6 Å². The van der Waals surface area contributed by atoms with Crippen LogP contribution in [0, 0.1) is 5.82 Å². The van der Waals surface area contributed by atoms with Gasteiger partial charge in [-0.05, 0) is 17.7 Å². The Balaban J connectivity index is 1.79. The summed E-state index contributed by atoms with van der Waals surface area (Å²) in [6, 6.07) is 2.58. The molecule has 2 aliphatic heterocycles. The highest BCUT2D eigenvalue weighted by molar-refractivity contribution is 9.10. The van der Waals surface area contributed by atoms with Crippen LogP contribution in [0.1, 0.15) is 16.6 Å². The molecule has 0 spiro atoms. The van der Waals surface area contributed by atoms with E-state index in [1.807, 2.05) is 4.90 Å². The number of amidine groups is 1. The van der Waals surface area contributed by atoms with Crippen LogP contribution in [0.2, 0.25) is 0 Å². The number of carbonyl (C=O) groups excluding carboxylic acids is 1. The van der Waals surface area contributed by atoms with Crippen LogP contribution in [0.25, 0.3) is 0 Å². The van der Waals surface area contributed by atoms with E-state index in [-0.39, 0.29) is 24.6 Å². The number of amides is 1. The molecule has 4 rings (SSSR count). The molecule has 2 unspecified atom stereocenters. The third-order valence-electron chi connectivity index (χ3n) is 5.40. The Bertz CT molecular complexity index is 1120. The number of carboxylic acid groups (broad SMARTS) is 1. The van der Waals surface area contributed by atoms with Gasteiger partial charge in [-0.15, -0.1) is 11.3 Å². The fourth-order valence-corrected chi connectivity index (χ4v) is 4.96. The standard InChI is InChI=1S/C21H21BrFN5O4S/c1-24-19(29)15-10-32-6-5-28(15)9-14-16(21(30)31)17(12-3-2-11(23)8-13(12)22)27-18(26-14)20-25-4-7-33-20/h2-4,7-8,15,17H,5-6,9-10H2,1H3,(H,24,29)(H,26,27)(H,30,31). The number of ether oxygens (including phenoxy) is 1. The van der Waals surface area contributed by atoms with E-state index in [4.69, 9.17) is 4.74 Å². The van der Waals surface area contributed by atoms with Crippen molar-refractivity contribution in [2.45, 2.75) is 12.1 Å². The van der Waals surface area contributed by atoms with E-state index in [0.717, 1.165) is 0 Å². The smallest absolute Gasteiger partial charge is 0.335 e. The number of carbonyl (C=O) groups is 2. The van der Waals surface area contributed by atoms with E-state index in [0.29, 0.717) is 39.7 Å². The van der Waals surface area contributed by atoms with Crippen molar-refractivity contribution in [1.29, 1.82) is 0 Å². The fourth-order valence-electron chi connectivity index (χ4n) is 3.81. The van der Waals surface area contributed by atoms with Crippen molar-refractivity contribution in [3.05, 3.63) is 61.9 Å². The normalized spacial score (nSPS) is 21.4. The van der Waals surface area contributed by atoms with E-state index in [1.165, 1.54) is 29.5 Å². The molecule has 0 bridgehead atoms. The molecule has 9 nitrogen and oxygen atoms in total. The SMILES string of the molecule is CNC(=O)C1COCCN1CC1=C(C(=O)O)C(c2ccc(F)cc2Br)N=C(c2nccs2)N1. The van der Waals surface area contributed by atoms with Crippen molar-refractivity contribution in [1.82, 2.24) is 20.5 Å². The van der Waals surface area contributed by atoms with Crippen LogP contribution in [-0.2, 0) is 14.3 Å². The summed E-state index contributed by atoms with van der Waals surface area (Å²) in [5.41, 5.74) is 0.913. The Labute approximate surface area is 201 Å². The second kappa shape index (κ2) is 10.1. The minimum absolute atomic E-state index is 0.0183. The predicted octanol–water partition coefficient (Wildman–Crippen LogP) is 1.92. The molecule has 2 atom stereocenters. The van der Waals surface area contributed by atoms with Gasteiger partial charge in [0.1, 0.15) is 17.9 Å². The van der Waals surface area contributed by atoms with Crippen molar-refractivity contribution < 1.29 is 23.8 Å². The molecule has 0 aliphatic carbocycles. The van der Waals surface area contributed by atoms with Crippen molar-refractivity contribution in [3.63, 3.8) is 0 Å². The number of halogens is 2. The van der Waals surface area contributed by atoms with Crippen molar-refractivity contribution in [2.75, 3.05) is 33.4 Å². The molecule has 1 saturated heterocycles. The van der Waals surface area contributed by atoms with Gasteiger partial charge < -0.3 is 20.5 Å². The summed E-state index contributed by atoms with van der Waals surface area (Å²) in [5, 5.41) is 18.3. The molecule has 1 aromatic heterocycles. The summed E-state index contributed by atoms with van der Waals surface area (Å²) in [4.78, 5) is 35.6. The first-order chi connectivity index (χ1) is 15.9. The summed E-state index contributed by atoms with van der Waals surface area (Å²) < 4.78 is 19.6. The summed E-state index contributed by atoms with van der Waals surface area (Å²) in [7, 11) is 1.55. The quantitative estimate of drug-likeness (QED) is 0.515. The van der Waals surface area contributed by atoms with Crippen molar-refractivity contribution >= 4 is 45.0 Å². The van der Waals surface area contributed by atoms with Crippen LogP contribution in [0.15, 0.2) is 50.5 Å². The first kappa shape index (κ1) is 23.5. The van der Waals surface area contributed by atoms with E-state index in [1.54, 1.807) is 18.6 Å². The summed E-state index contributed by atoms with van der Waals surface area (Å²) in [6.07, 6.45) is 1.63. The van der Waals surface area contributed by atoms with Gasteiger partial charge in [-0.25, -0.2) is 14.2 Å². The summed E-state index contributed by atoms with van der Waals surface area (Å²) >= 11 is 4.70. The number of benzene rings is 1. The van der Waals surface area contributed by atoms with Crippen LogP contribution in [0.5, 0.6) is 0 Å². The van der Waals surface area contributed by atoms with Crippen LogP contribution >= 0.6 is 27.3 Å². The molecule has 3 N–H and O–H groups in total. The zero-order valence-electron chi connectivity index (χ0n) is 17.5. The molecule has 2 aromatic rings. The topological polar surface area (TPSA) is 116 Å². The zero-order valence-corrected chi connectivity index (χ0v) is 20.0. The average molecular weight is 538 g/mol. The van der Waals surface area contributed by atoms with Gasteiger partial charge in [0, 0.05) is 41.9 Å². The van der Waals surface area contributed by atoms with Gasteiger partial charge >= 0.3 is 5.97 Å². The first-order valence-electron chi connectivity index (χ1n) is 10.1. The Kier molecular flexibility index (Phi) is 7.17. The number of morpholine rings is 1. The molecule has 12 heteroatoms. The number of rotatable bonds is 6. The number of hydrogen-bond donors (Lipinski definition) is 3. The molecule has 174 valence electrons. The zero-order chi connectivity index (χ0) is 23.5. The van der Waals surface area contributed by atoms with Crippen LogP contribution in [0.3, 0.4) is 0 Å². The lowest BCUT2D eigenvalue weighted by Gasteiger charge is -2.36. The Morgan fingerprint density at radius 2 is 2.27 bits per heavy atom. The van der Waals surface area contributed by atoms with E-state index in [9.17, 15) is 19.1 Å². The third-order valence-corrected chi connectivity index (χ3v) is 6.86. The number of nitrogens with zero attached hydrogens (tertiary/aromatic N) is 3. The Morgan fingerprint density at radius 1 is 1.45 bits per heavy atom. The maximum Gasteiger partial charge on any atom is 0.335 e. The Morgan fingerprint density at radius 3 is 2.94 bits per heavy atom. The second-order valence-corrected chi connectivity index (χ2v) is 9.13. The number of carboxylic acids is 1. The average Bonchev–Trinajstić information content (AvgIpc) is 3.33. The molecule has 0 radical (unpaired) electrons. The first-order valence-corrected chi connectivity index (χ1v) is 11.8. The molecule has 1 amide bonds. The van der Waals surface area contributed by atoms with Crippen LogP contribution in [0.4, 0.5) is 4.39 Å². The second-order valence-electron chi connectivity index (χ2n) is 7.38. The lowest BCUT2D eigenvalue weighted by Crippen LogP contribution is -2.54. The van der Waals surface area contributed by atoms with Gasteiger partial charge in [0.2, 0.25) is 5.91 Å². The molecule has 2 aliphatic rings. The number of thiazole rings is 1. The van der Waals surface area contributed by atoms with Crippen molar-refractivity contribution in [2.24, 2.45) is 4.99 Å². The summed E-state index contributed by atoms with van der Waals surface area (Å²) in [6.45, 7) is 1.23. The number of aromatic nitrogens is 1. The van der Waals surface area contributed by atoms with E-state index < -0.39 is 23.9 Å². The molecule has 1 aromatic carbocycles. The largest absolute Gasteiger partial charge is 0.478 e. The van der Waals surface area contributed by atoms with Crippen molar-refractivity contribution in [3.8, 4) is 0 Å². The molecular formula is C21H21BrFN5O4S. The van der Waals surface area contributed by atoms with Gasteiger partial charge in [-0.1, -0.05) is 22.0 Å². The lowest BCUT2D eigenvalue weighted by atomic mass is 9.95. The van der Waals surface area contributed by atoms with Gasteiger partial charge in [0.25, 0.3) is 0 Å². The number of hydrogen-bond acceptors (Lipinski definition) is 8.